The molecule has 4 heterocycles. The number of amides is 2. The fourth-order valence-corrected chi connectivity index (χ4v) is 5.05. The Morgan fingerprint density at radius 1 is 1.10 bits per heavy atom. The van der Waals surface area contributed by atoms with E-state index >= 15 is 0 Å². The molecule has 15 heteroatoms. The number of likely N-dealkylation sites (tertiary alicyclic amines) is 1. The van der Waals surface area contributed by atoms with E-state index in [9.17, 15) is 22.8 Å². The van der Waals surface area contributed by atoms with Crippen LogP contribution in [-0.2, 0) is 13.2 Å². The van der Waals surface area contributed by atoms with Crippen molar-refractivity contribution < 1.29 is 22.8 Å². The maximum atomic E-state index is 13.9. The van der Waals surface area contributed by atoms with E-state index in [1.807, 2.05) is 7.05 Å². The first-order valence-electron chi connectivity index (χ1n) is 12.9. The highest BCUT2D eigenvalue weighted by Gasteiger charge is 2.39. The number of imidazole rings is 1. The molecule has 2 amide bonds. The van der Waals surface area contributed by atoms with Gasteiger partial charge in [0, 0.05) is 38.1 Å². The minimum Gasteiger partial charge on any atom is -0.397 e. The molecular formula is C27H27ClF3N9O2. The van der Waals surface area contributed by atoms with Crippen molar-refractivity contribution in [2.75, 3.05) is 31.2 Å². The van der Waals surface area contributed by atoms with Crippen molar-refractivity contribution in [3.63, 3.8) is 0 Å². The first-order chi connectivity index (χ1) is 20.0. The molecule has 1 aromatic carbocycles. The van der Waals surface area contributed by atoms with E-state index in [1.165, 1.54) is 48.1 Å². The fourth-order valence-electron chi connectivity index (χ4n) is 4.79. The number of hydrogen-bond donors (Lipinski definition) is 3. The lowest BCUT2D eigenvalue weighted by molar-refractivity contribution is -0.140. The third kappa shape index (κ3) is 5.81. The Hall–Kier alpha value is -4.43. The van der Waals surface area contributed by atoms with Gasteiger partial charge in [0.1, 0.15) is 0 Å². The molecule has 42 heavy (non-hydrogen) atoms. The number of piperidine rings is 1. The number of nitrogens with zero attached hydrogens (tertiary/aromatic N) is 6. The van der Waals surface area contributed by atoms with E-state index in [2.05, 4.69) is 25.7 Å². The molecule has 1 aliphatic heterocycles. The van der Waals surface area contributed by atoms with E-state index in [4.69, 9.17) is 17.3 Å². The van der Waals surface area contributed by atoms with Gasteiger partial charge in [-0.2, -0.15) is 18.3 Å². The van der Waals surface area contributed by atoms with Crippen LogP contribution in [-0.4, -0.2) is 67.2 Å². The number of rotatable bonds is 6. The number of nitrogens with two attached hydrogens (primary N) is 1. The van der Waals surface area contributed by atoms with Crippen LogP contribution < -0.4 is 16.4 Å². The van der Waals surface area contributed by atoms with Crippen LogP contribution in [0.1, 0.15) is 39.5 Å². The van der Waals surface area contributed by atoms with Crippen LogP contribution in [0.5, 0.6) is 0 Å². The van der Waals surface area contributed by atoms with Crippen molar-refractivity contribution >= 4 is 34.8 Å². The van der Waals surface area contributed by atoms with Crippen molar-refractivity contribution in [1.82, 2.24) is 34.5 Å². The Bertz CT molecular complexity index is 1620. The van der Waals surface area contributed by atoms with Crippen LogP contribution in [0.15, 0.2) is 48.9 Å². The normalized spacial score (nSPS) is 14.3. The summed E-state index contributed by atoms with van der Waals surface area (Å²) in [5.74, 6) is -0.909. The second-order valence-corrected chi connectivity index (χ2v) is 10.2. The van der Waals surface area contributed by atoms with Crippen LogP contribution >= 0.6 is 11.6 Å². The van der Waals surface area contributed by atoms with Gasteiger partial charge in [0.25, 0.3) is 11.8 Å². The molecule has 220 valence electrons. The molecule has 0 unspecified atom stereocenters. The van der Waals surface area contributed by atoms with Gasteiger partial charge >= 0.3 is 6.18 Å². The number of nitrogens with one attached hydrogen (secondary N) is 2. The van der Waals surface area contributed by atoms with Gasteiger partial charge in [-0.3, -0.25) is 9.59 Å². The Kier molecular flexibility index (Phi) is 7.93. The maximum absolute atomic E-state index is 13.9. The molecule has 0 atom stereocenters. The molecule has 0 bridgehead atoms. The summed E-state index contributed by atoms with van der Waals surface area (Å²) >= 11 is 6.41. The Morgan fingerprint density at radius 2 is 1.83 bits per heavy atom. The van der Waals surface area contributed by atoms with E-state index < -0.39 is 17.8 Å². The number of halogens is 4. The summed E-state index contributed by atoms with van der Waals surface area (Å²) in [4.78, 5) is 35.9. The number of benzene rings is 1. The number of alkyl halides is 3. The molecule has 4 N–H and O–H groups in total. The summed E-state index contributed by atoms with van der Waals surface area (Å²) in [7, 11) is 3.31. The third-order valence-corrected chi connectivity index (χ3v) is 7.42. The minimum atomic E-state index is -4.79. The van der Waals surface area contributed by atoms with Gasteiger partial charge in [0.05, 0.1) is 39.9 Å². The van der Waals surface area contributed by atoms with Gasteiger partial charge in [-0.15, -0.1) is 0 Å². The van der Waals surface area contributed by atoms with Gasteiger partial charge in [-0.05, 0) is 50.2 Å². The molecule has 1 aliphatic rings. The molecule has 3 aromatic heterocycles. The van der Waals surface area contributed by atoms with Gasteiger partial charge in [0.15, 0.2) is 17.3 Å². The molecule has 0 radical (unpaired) electrons. The molecule has 4 aromatic rings. The molecule has 1 saturated heterocycles. The maximum Gasteiger partial charge on any atom is 0.435 e. The van der Waals surface area contributed by atoms with Crippen molar-refractivity contribution in [3.8, 4) is 17.1 Å². The second kappa shape index (κ2) is 11.4. The number of aromatic nitrogens is 5. The zero-order chi connectivity index (χ0) is 30.2. The number of anilines is 2. The zero-order valence-electron chi connectivity index (χ0n) is 22.6. The second-order valence-electron chi connectivity index (χ2n) is 9.81. The van der Waals surface area contributed by atoms with Crippen LogP contribution in [0.2, 0.25) is 5.02 Å². The zero-order valence-corrected chi connectivity index (χ0v) is 23.4. The van der Waals surface area contributed by atoms with Crippen LogP contribution in [0.4, 0.5) is 24.5 Å². The molecule has 0 aliphatic carbocycles. The third-order valence-electron chi connectivity index (χ3n) is 7.10. The summed E-state index contributed by atoms with van der Waals surface area (Å²) in [5.41, 5.74) is 5.12. The van der Waals surface area contributed by atoms with Gasteiger partial charge in [-0.1, -0.05) is 11.6 Å². The predicted molar refractivity (Wildman–Crippen MR) is 150 cm³/mol. The monoisotopic (exact) mass is 601 g/mol. The first kappa shape index (κ1) is 29.1. The van der Waals surface area contributed by atoms with Crippen LogP contribution in [0.3, 0.4) is 0 Å². The number of carbonyl (C=O) groups excluding carboxylic acids is 2. The average Bonchev–Trinajstić information content (AvgIpc) is 3.57. The number of carbonyl (C=O) groups is 2. The van der Waals surface area contributed by atoms with Crippen molar-refractivity contribution in [2.45, 2.75) is 25.1 Å². The smallest absolute Gasteiger partial charge is 0.397 e. The molecule has 0 spiro atoms. The topological polar surface area (TPSA) is 136 Å². The van der Waals surface area contributed by atoms with Crippen LogP contribution in [0.25, 0.3) is 17.1 Å². The Balaban J connectivity index is 1.36. The highest BCUT2D eigenvalue weighted by atomic mass is 35.5. The van der Waals surface area contributed by atoms with Gasteiger partial charge < -0.3 is 25.8 Å². The highest BCUT2D eigenvalue weighted by Crippen LogP contribution is 2.37. The summed E-state index contributed by atoms with van der Waals surface area (Å²) in [6.07, 6.45) is 0.509. The lowest BCUT2D eigenvalue weighted by Gasteiger charge is -2.32. The quantitative estimate of drug-likeness (QED) is 0.304. The SMILES string of the molecule is CNC1CCN(C(=O)c2ccc(NC(=O)c3ncc(-c4cn(-c5ccc(N)cn5)nc4C(F)(F)F)n3C)cc2Cl)CC1. The summed E-state index contributed by atoms with van der Waals surface area (Å²) in [6, 6.07) is 7.80. The first-order valence-corrected chi connectivity index (χ1v) is 13.3. The highest BCUT2D eigenvalue weighted by molar-refractivity contribution is 6.34. The average molecular weight is 602 g/mol. The van der Waals surface area contributed by atoms with Gasteiger partial charge in [-0.25, -0.2) is 14.6 Å². The Morgan fingerprint density at radius 3 is 2.45 bits per heavy atom. The van der Waals surface area contributed by atoms with E-state index in [0.717, 1.165) is 29.9 Å². The van der Waals surface area contributed by atoms with Crippen molar-refractivity contribution in [1.29, 1.82) is 0 Å². The number of pyridine rings is 1. The summed E-state index contributed by atoms with van der Waals surface area (Å²) < 4.78 is 44.0. The number of hydrogen-bond acceptors (Lipinski definition) is 7. The molecule has 1 fully saturated rings. The van der Waals surface area contributed by atoms with E-state index in [0.29, 0.717) is 36.1 Å². The van der Waals surface area contributed by atoms with E-state index in [1.54, 1.807) is 4.90 Å². The lowest BCUT2D eigenvalue weighted by Crippen LogP contribution is -2.44. The molecule has 0 saturated carbocycles. The Labute approximate surface area is 243 Å². The number of nitrogen functional groups attached to an aromatic ring is 1. The van der Waals surface area contributed by atoms with Crippen molar-refractivity contribution in [3.05, 3.63) is 71.0 Å². The minimum absolute atomic E-state index is 0.00944. The van der Waals surface area contributed by atoms with Gasteiger partial charge in [0.2, 0.25) is 0 Å². The largest absolute Gasteiger partial charge is 0.435 e. The van der Waals surface area contributed by atoms with E-state index in [-0.39, 0.29) is 33.8 Å². The summed E-state index contributed by atoms with van der Waals surface area (Å²) in [5, 5.41) is 9.71. The fraction of sp³-hybridized carbons (Fsp3) is 0.296. The van der Waals surface area contributed by atoms with Crippen molar-refractivity contribution in [2.24, 2.45) is 7.05 Å². The van der Waals surface area contributed by atoms with Crippen LogP contribution in [0, 0.1) is 0 Å². The summed E-state index contributed by atoms with van der Waals surface area (Å²) in [6.45, 7) is 1.21. The molecular weight excluding hydrogens is 575 g/mol. The standard InChI is InChI=1S/C27H27ClF3N9O2/c1-33-16-7-9-39(10-8-16)26(42)18-5-4-17(11-20(18)28)36-25(41)24-35-13-21(38(24)2)19-14-40(37-23(19)27(29,30)31)22-6-3-15(32)12-34-22/h3-6,11-14,16,33H,7-10,32H2,1-2H3,(H,36,41). The molecule has 5 rings (SSSR count). The molecule has 11 nitrogen and oxygen atoms in total. The lowest BCUT2D eigenvalue weighted by atomic mass is 10.0. The predicted octanol–water partition coefficient (Wildman–Crippen LogP) is 4.00.